The van der Waals surface area contributed by atoms with Crippen LogP contribution < -0.4 is 5.32 Å². The minimum absolute atomic E-state index is 0.886. The van der Waals surface area contributed by atoms with E-state index in [9.17, 15) is 0 Å². The molecule has 2 aromatic rings. The van der Waals surface area contributed by atoms with Crippen molar-refractivity contribution in [3.05, 3.63) is 143 Å². The van der Waals surface area contributed by atoms with Gasteiger partial charge in [0.2, 0.25) is 0 Å². The van der Waals surface area contributed by atoms with E-state index in [0.717, 1.165) is 13.0 Å². The number of benzene rings is 2. The summed E-state index contributed by atoms with van der Waals surface area (Å²) in [6, 6.07) is 21.4. The molecule has 1 aliphatic carbocycles. The molecule has 2 aliphatic rings. The first-order chi connectivity index (χ1) is 14.8. The van der Waals surface area contributed by atoms with Gasteiger partial charge in [0.05, 0.1) is 0 Å². The molecule has 0 saturated carbocycles. The summed E-state index contributed by atoms with van der Waals surface area (Å²) < 4.78 is 0. The molecule has 0 saturated heterocycles. The van der Waals surface area contributed by atoms with Gasteiger partial charge in [-0.3, -0.25) is 0 Å². The third-order valence-electron chi connectivity index (χ3n) is 5.42. The van der Waals surface area contributed by atoms with Crippen LogP contribution in [-0.4, -0.2) is 6.54 Å². The second-order valence-electron chi connectivity index (χ2n) is 7.56. The Morgan fingerprint density at radius 1 is 0.833 bits per heavy atom. The molecule has 0 aromatic heterocycles. The van der Waals surface area contributed by atoms with E-state index in [0.29, 0.717) is 0 Å². The van der Waals surface area contributed by atoms with Crippen LogP contribution in [0.4, 0.5) is 0 Å². The van der Waals surface area contributed by atoms with Crippen LogP contribution in [-0.2, 0) is 0 Å². The number of rotatable bonds is 5. The molecule has 0 radical (unpaired) electrons. The predicted octanol–water partition coefficient (Wildman–Crippen LogP) is 7.03. The third-order valence-corrected chi connectivity index (χ3v) is 5.42. The van der Waals surface area contributed by atoms with E-state index in [1.165, 1.54) is 44.7 Å². The number of hydrogen-bond acceptors (Lipinski definition) is 1. The van der Waals surface area contributed by atoms with Crippen LogP contribution in [0.5, 0.6) is 0 Å². The van der Waals surface area contributed by atoms with Crippen LogP contribution in [0, 0.1) is 0 Å². The number of dihydropyridines is 1. The summed E-state index contributed by atoms with van der Waals surface area (Å²) in [6.07, 6.45) is 15.8. The Morgan fingerprint density at radius 3 is 2.10 bits per heavy atom. The Morgan fingerprint density at radius 2 is 1.50 bits per heavy atom. The molecule has 148 valence electrons. The van der Waals surface area contributed by atoms with Gasteiger partial charge in [0.15, 0.2) is 0 Å². The van der Waals surface area contributed by atoms with Gasteiger partial charge < -0.3 is 5.32 Å². The highest BCUT2D eigenvalue weighted by Crippen LogP contribution is 2.44. The van der Waals surface area contributed by atoms with E-state index in [2.05, 4.69) is 110 Å². The average Bonchev–Trinajstić information content (AvgIpc) is 2.80. The molecule has 1 aliphatic heterocycles. The first-order valence-electron chi connectivity index (χ1n) is 10.4. The average molecular weight is 390 g/mol. The van der Waals surface area contributed by atoms with Gasteiger partial charge in [-0.2, -0.15) is 0 Å². The van der Waals surface area contributed by atoms with E-state index in [-0.39, 0.29) is 0 Å². The summed E-state index contributed by atoms with van der Waals surface area (Å²) in [5, 5.41) is 3.62. The van der Waals surface area contributed by atoms with Crippen molar-refractivity contribution in [2.45, 2.75) is 13.3 Å². The molecule has 0 atom stereocenters. The molecule has 1 heterocycles. The molecular weight excluding hydrogens is 362 g/mol. The maximum Gasteiger partial charge on any atom is 0.0419 e. The first-order valence-corrected chi connectivity index (χ1v) is 10.4. The van der Waals surface area contributed by atoms with Crippen LogP contribution in [0.2, 0.25) is 0 Å². The van der Waals surface area contributed by atoms with Crippen molar-refractivity contribution in [2.75, 3.05) is 6.54 Å². The molecular formula is C29H27N. The zero-order valence-corrected chi connectivity index (χ0v) is 17.4. The lowest BCUT2D eigenvalue weighted by Gasteiger charge is -2.28. The monoisotopic (exact) mass is 389 g/mol. The summed E-state index contributed by atoms with van der Waals surface area (Å²) in [5.41, 5.74) is 10.2. The highest BCUT2D eigenvalue weighted by atomic mass is 14.9. The van der Waals surface area contributed by atoms with Gasteiger partial charge in [0.1, 0.15) is 0 Å². The zero-order valence-electron chi connectivity index (χ0n) is 17.4. The number of hydrogen-bond donors (Lipinski definition) is 1. The highest BCUT2D eigenvalue weighted by molar-refractivity contribution is 6.07. The maximum absolute atomic E-state index is 3.80. The lowest BCUT2D eigenvalue weighted by atomic mass is 9.78. The molecule has 30 heavy (non-hydrogen) atoms. The Balaban J connectivity index is 1.98. The van der Waals surface area contributed by atoms with Crippen LogP contribution >= 0.6 is 0 Å². The molecule has 0 bridgehead atoms. The van der Waals surface area contributed by atoms with Gasteiger partial charge in [-0.05, 0) is 47.3 Å². The second-order valence-corrected chi connectivity index (χ2v) is 7.56. The van der Waals surface area contributed by atoms with Crippen molar-refractivity contribution in [3.8, 4) is 0 Å². The van der Waals surface area contributed by atoms with Gasteiger partial charge in [0.25, 0.3) is 0 Å². The molecule has 0 spiro atoms. The van der Waals surface area contributed by atoms with Crippen LogP contribution in [0.3, 0.4) is 0 Å². The third kappa shape index (κ3) is 4.21. The van der Waals surface area contributed by atoms with Crippen molar-refractivity contribution < 1.29 is 0 Å². The van der Waals surface area contributed by atoms with Gasteiger partial charge >= 0.3 is 0 Å². The minimum Gasteiger partial charge on any atom is -0.381 e. The van der Waals surface area contributed by atoms with E-state index in [1.54, 1.807) is 0 Å². The lowest BCUT2D eigenvalue weighted by Crippen LogP contribution is -2.21. The summed E-state index contributed by atoms with van der Waals surface area (Å²) in [6.45, 7) is 6.85. The summed E-state index contributed by atoms with van der Waals surface area (Å²) in [4.78, 5) is 0. The smallest absolute Gasteiger partial charge is 0.0419 e. The fraction of sp³-hybridized carbons (Fsp3) is 0.103. The molecule has 1 nitrogen and oxygen atoms in total. The topological polar surface area (TPSA) is 12.0 Å². The minimum atomic E-state index is 0.886. The van der Waals surface area contributed by atoms with E-state index < -0.39 is 0 Å². The van der Waals surface area contributed by atoms with Crippen molar-refractivity contribution >= 4 is 11.1 Å². The van der Waals surface area contributed by atoms with E-state index in [1.807, 2.05) is 12.2 Å². The summed E-state index contributed by atoms with van der Waals surface area (Å²) in [7, 11) is 0. The quantitative estimate of drug-likeness (QED) is 0.541. The number of nitrogens with one attached hydrogen (secondary N) is 1. The van der Waals surface area contributed by atoms with Crippen molar-refractivity contribution in [3.63, 3.8) is 0 Å². The predicted molar refractivity (Wildman–Crippen MR) is 130 cm³/mol. The Labute approximate surface area is 179 Å². The Kier molecular flexibility index (Phi) is 6.10. The van der Waals surface area contributed by atoms with E-state index in [4.69, 9.17) is 0 Å². The SMILES string of the molecule is C=C/C=C\C=C1/CC=C(C2=CC=C(C)CN2)C(c2ccccc2)=C1c1ccccc1. The van der Waals surface area contributed by atoms with Crippen molar-refractivity contribution in [2.24, 2.45) is 0 Å². The Hall–Kier alpha value is -3.58. The van der Waals surface area contributed by atoms with Crippen LogP contribution in [0.15, 0.2) is 132 Å². The summed E-state index contributed by atoms with van der Waals surface area (Å²) >= 11 is 0. The summed E-state index contributed by atoms with van der Waals surface area (Å²) in [5.74, 6) is 0. The van der Waals surface area contributed by atoms with Crippen molar-refractivity contribution in [1.82, 2.24) is 5.32 Å². The normalized spacial score (nSPS) is 18.0. The highest BCUT2D eigenvalue weighted by Gasteiger charge is 2.24. The first kappa shape index (κ1) is 19.7. The zero-order chi connectivity index (χ0) is 20.8. The molecule has 1 N–H and O–H groups in total. The molecule has 0 unspecified atom stereocenters. The standard InChI is InChI=1S/C29H27N/c1-3-4-7-12-25-18-19-26(27-20-17-22(2)21-30-27)29(24-15-10-6-11-16-24)28(25)23-13-8-5-9-14-23/h3-17,19-20,30H,1,18,21H2,2H3/b7-4-,25-12+. The van der Waals surface area contributed by atoms with Gasteiger partial charge in [-0.1, -0.05) is 109 Å². The largest absolute Gasteiger partial charge is 0.381 e. The van der Waals surface area contributed by atoms with E-state index >= 15 is 0 Å². The van der Waals surface area contributed by atoms with Crippen molar-refractivity contribution in [1.29, 1.82) is 0 Å². The second kappa shape index (κ2) is 9.28. The molecule has 4 rings (SSSR count). The maximum atomic E-state index is 3.80. The fourth-order valence-electron chi connectivity index (χ4n) is 3.96. The van der Waals surface area contributed by atoms with Crippen LogP contribution in [0.25, 0.3) is 11.1 Å². The van der Waals surface area contributed by atoms with Gasteiger partial charge in [-0.15, -0.1) is 0 Å². The van der Waals surface area contributed by atoms with Gasteiger partial charge in [0, 0.05) is 17.8 Å². The Bertz CT molecular complexity index is 1100. The van der Waals surface area contributed by atoms with Gasteiger partial charge in [-0.25, -0.2) is 0 Å². The number of allylic oxidation sites excluding steroid dienone is 10. The molecule has 2 aromatic carbocycles. The lowest BCUT2D eigenvalue weighted by molar-refractivity contribution is 0.867. The molecule has 0 fully saturated rings. The van der Waals surface area contributed by atoms with Crippen LogP contribution in [0.1, 0.15) is 24.5 Å². The molecule has 1 heteroatoms. The fourth-order valence-corrected chi connectivity index (χ4v) is 3.96. The molecule has 0 amide bonds.